The second kappa shape index (κ2) is 9.74. The quantitative estimate of drug-likeness (QED) is 0.299. The molecule has 5 rings (SSSR count). The fourth-order valence-corrected chi connectivity index (χ4v) is 5.54. The van der Waals surface area contributed by atoms with E-state index >= 15 is 8.78 Å². The lowest BCUT2D eigenvalue weighted by atomic mass is 9.49. The van der Waals surface area contributed by atoms with Crippen molar-refractivity contribution in [3.8, 4) is 5.75 Å². The maximum atomic E-state index is 15.5. The Balaban J connectivity index is 1.70. The summed E-state index contributed by atoms with van der Waals surface area (Å²) in [4.78, 5) is 22.1. The first-order chi connectivity index (χ1) is 17.5. The van der Waals surface area contributed by atoms with E-state index in [9.17, 15) is 14.7 Å². The van der Waals surface area contributed by atoms with Gasteiger partial charge in [-0.05, 0) is 52.3 Å². The van der Waals surface area contributed by atoms with Crippen LogP contribution in [0.5, 0.6) is 5.75 Å². The highest BCUT2D eigenvalue weighted by Crippen LogP contribution is 2.67. The summed E-state index contributed by atoms with van der Waals surface area (Å²) in [6.45, 7) is 0.234. The minimum absolute atomic E-state index is 0.0787. The number of carboxylic acids is 1. The number of carboxylic acid groups (broad SMARTS) is 1. The topological polar surface area (TPSA) is 63.6 Å². The smallest absolute Gasteiger partial charge is 0.335 e. The zero-order valence-corrected chi connectivity index (χ0v) is 19.1. The number of hydrogen-bond donors (Lipinski definition) is 1. The van der Waals surface area contributed by atoms with Crippen LogP contribution in [0.3, 0.4) is 0 Å². The van der Waals surface area contributed by atoms with Gasteiger partial charge in [0.25, 0.3) is 6.47 Å². The van der Waals surface area contributed by atoms with Crippen LogP contribution in [0.4, 0.5) is 8.78 Å². The zero-order valence-electron chi connectivity index (χ0n) is 19.1. The van der Waals surface area contributed by atoms with E-state index in [1.165, 1.54) is 18.2 Å². The average molecular weight is 484 g/mol. The van der Waals surface area contributed by atoms with Crippen LogP contribution >= 0.6 is 0 Å². The number of hydrogen-bond acceptors (Lipinski definition) is 3. The van der Waals surface area contributed by atoms with Gasteiger partial charge in [0.2, 0.25) is 0 Å². The SMILES string of the molecule is O=COc1ccc([C@@H]2[C@@H](c3ccccc3)[C@@H](c3ccccc3)[C@@H]2c2ccc(C(=O)O)cc2F)c(F)c1. The fraction of sp³-hybridized carbons (Fsp3) is 0.133. The molecule has 180 valence electrons. The van der Waals surface area contributed by atoms with Gasteiger partial charge in [-0.15, -0.1) is 0 Å². The van der Waals surface area contributed by atoms with Crippen LogP contribution in [0.15, 0.2) is 97.1 Å². The average Bonchev–Trinajstić information content (AvgIpc) is 2.87. The van der Waals surface area contributed by atoms with E-state index in [1.807, 2.05) is 60.7 Å². The lowest BCUT2D eigenvalue weighted by Crippen LogP contribution is -2.41. The summed E-state index contributed by atoms with van der Waals surface area (Å²) < 4.78 is 35.7. The van der Waals surface area contributed by atoms with Crippen molar-refractivity contribution in [1.29, 1.82) is 0 Å². The molecule has 6 heteroatoms. The van der Waals surface area contributed by atoms with Crippen LogP contribution in [0.2, 0.25) is 0 Å². The zero-order chi connectivity index (χ0) is 25.2. The van der Waals surface area contributed by atoms with Crippen molar-refractivity contribution < 1.29 is 28.2 Å². The van der Waals surface area contributed by atoms with Crippen molar-refractivity contribution in [2.24, 2.45) is 0 Å². The van der Waals surface area contributed by atoms with Crippen LogP contribution in [-0.2, 0) is 4.79 Å². The van der Waals surface area contributed by atoms with E-state index in [2.05, 4.69) is 0 Å². The molecule has 4 nitrogen and oxygen atoms in total. The number of carbonyl (C=O) groups is 2. The molecule has 1 fully saturated rings. The Hall–Kier alpha value is -4.32. The van der Waals surface area contributed by atoms with E-state index in [1.54, 1.807) is 6.07 Å². The molecule has 0 spiro atoms. The molecule has 4 aromatic carbocycles. The second-order valence-electron chi connectivity index (χ2n) is 8.86. The number of aromatic carboxylic acids is 1. The van der Waals surface area contributed by atoms with Crippen molar-refractivity contribution in [2.75, 3.05) is 0 Å². The van der Waals surface area contributed by atoms with Gasteiger partial charge in [0, 0.05) is 17.9 Å². The first-order valence-corrected chi connectivity index (χ1v) is 11.5. The van der Waals surface area contributed by atoms with Crippen LogP contribution in [-0.4, -0.2) is 17.5 Å². The predicted molar refractivity (Wildman–Crippen MR) is 130 cm³/mol. The van der Waals surface area contributed by atoms with Gasteiger partial charge in [-0.2, -0.15) is 0 Å². The lowest BCUT2D eigenvalue weighted by molar-refractivity contribution is -0.120. The van der Waals surface area contributed by atoms with E-state index in [0.717, 1.165) is 23.3 Å². The maximum absolute atomic E-state index is 15.5. The molecule has 1 saturated carbocycles. The third-order valence-electron chi connectivity index (χ3n) is 7.04. The molecule has 1 aliphatic carbocycles. The van der Waals surface area contributed by atoms with Gasteiger partial charge in [0.15, 0.2) is 0 Å². The molecule has 1 aliphatic rings. The van der Waals surface area contributed by atoms with Crippen molar-refractivity contribution in [3.05, 3.63) is 137 Å². The van der Waals surface area contributed by atoms with Crippen molar-refractivity contribution in [2.45, 2.75) is 23.7 Å². The summed E-state index contributed by atoms with van der Waals surface area (Å²) in [5, 5.41) is 9.31. The summed E-state index contributed by atoms with van der Waals surface area (Å²) in [6.07, 6.45) is 0. The molecule has 4 aromatic rings. The molecule has 0 saturated heterocycles. The highest BCUT2D eigenvalue weighted by atomic mass is 19.1. The van der Waals surface area contributed by atoms with Gasteiger partial charge in [-0.25, -0.2) is 13.6 Å². The normalized spacial score (nSPS) is 20.8. The molecule has 0 unspecified atom stereocenters. The third-order valence-corrected chi connectivity index (χ3v) is 7.04. The third kappa shape index (κ3) is 4.15. The molecule has 36 heavy (non-hydrogen) atoms. The Morgan fingerprint density at radius 2 is 1.19 bits per heavy atom. The largest absolute Gasteiger partial charge is 0.478 e. The molecule has 0 heterocycles. The van der Waals surface area contributed by atoms with E-state index in [4.69, 9.17) is 4.74 Å². The van der Waals surface area contributed by atoms with Crippen molar-refractivity contribution in [3.63, 3.8) is 0 Å². The van der Waals surface area contributed by atoms with E-state index in [0.29, 0.717) is 11.1 Å². The highest BCUT2D eigenvalue weighted by molar-refractivity contribution is 5.87. The van der Waals surface area contributed by atoms with Crippen LogP contribution in [0.1, 0.15) is 56.3 Å². The second-order valence-corrected chi connectivity index (χ2v) is 8.86. The van der Waals surface area contributed by atoms with E-state index < -0.39 is 29.4 Å². The Morgan fingerprint density at radius 3 is 1.64 bits per heavy atom. The number of ether oxygens (including phenoxy) is 1. The first-order valence-electron chi connectivity index (χ1n) is 11.5. The minimum Gasteiger partial charge on any atom is -0.478 e. The molecule has 0 amide bonds. The highest BCUT2D eigenvalue weighted by Gasteiger charge is 2.54. The minimum atomic E-state index is -1.22. The van der Waals surface area contributed by atoms with E-state index in [-0.39, 0.29) is 29.6 Å². The molecule has 0 aliphatic heterocycles. The molecule has 0 bridgehead atoms. The number of rotatable bonds is 7. The Bertz CT molecular complexity index is 1410. The molecule has 0 aromatic heterocycles. The summed E-state index contributed by atoms with van der Waals surface area (Å²) in [5.74, 6) is -3.61. The summed E-state index contributed by atoms with van der Waals surface area (Å²) in [6, 6.07) is 27.5. The van der Waals surface area contributed by atoms with Gasteiger partial charge in [-0.1, -0.05) is 72.8 Å². The van der Waals surface area contributed by atoms with Gasteiger partial charge >= 0.3 is 5.97 Å². The summed E-state index contributed by atoms with van der Waals surface area (Å²) in [7, 11) is 0. The first kappa shape index (κ1) is 23.4. The predicted octanol–water partition coefficient (Wildman–Crippen LogP) is 6.65. The number of carbonyl (C=O) groups excluding carboxylic acids is 1. The van der Waals surface area contributed by atoms with Crippen LogP contribution in [0.25, 0.3) is 0 Å². The summed E-state index contributed by atoms with van der Waals surface area (Å²) in [5.41, 5.74) is 2.53. The Morgan fingerprint density at radius 1 is 0.694 bits per heavy atom. The maximum Gasteiger partial charge on any atom is 0.335 e. The van der Waals surface area contributed by atoms with Crippen LogP contribution in [0, 0.1) is 11.6 Å². The fourth-order valence-electron chi connectivity index (χ4n) is 5.54. The van der Waals surface area contributed by atoms with Gasteiger partial charge in [0.1, 0.15) is 17.4 Å². The molecule has 4 atom stereocenters. The summed E-state index contributed by atoms with van der Waals surface area (Å²) >= 11 is 0. The number of benzene rings is 4. The molecular weight excluding hydrogens is 462 g/mol. The van der Waals surface area contributed by atoms with Crippen molar-refractivity contribution >= 4 is 12.4 Å². The van der Waals surface area contributed by atoms with Gasteiger partial charge < -0.3 is 9.84 Å². The van der Waals surface area contributed by atoms with Crippen LogP contribution < -0.4 is 4.74 Å². The standard InChI is InChI=1S/C30H22F2O4/c31-24-15-20(30(34)35)11-13-22(24)28-26(18-7-3-1-4-8-18)27(19-9-5-2-6-10-19)29(28)23-14-12-21(36-17-33)16-25(23)32/h1-17,26-29H,(H,34,35)/t26-,27+,28+,29-/m1/s1. The van der Waals surface area contributed by atoms with Gasteiger partial charge in [-0.3, -0.25) is 4.79 Å². The lowest BCUT2D eigenvalue weighted by Gasteiger charge is -2.53. The number of halogens is 2. The molecule has 0 radical (unpaired) electrons. The van der Waals surface area contributed by atoms with Crippen molar-refractivity contribution in [1.82, 2.24) is 0 Å². The monoisotopic (exact) mass is 484 g/mol. The molecular formula is C30H22F2O4. The molecule has 1 N–H and O–H groups in total. The van der Waals surface area contributed by atoms with Gasteiger partial charge in [0.05, 0.1) is 5.56 Å². The Kier molecular flexibility index (Phi) is 6.34. The Labute approximate surface area is 206 Å².